The average molecular weight is 480 g/mol. The van der Waals surface area contributed by atoms with Crippen LogP contribution in [0.3, 0.4) is 0 Å². The average Bonchev–Trinajstić information content (AvgIpc) is 3.14. The molecule has 0 bridgehead atoms. The second kappa shape index (κ2) is 9.70. The van der Waals surface area contributed by atoms with Crippen molar-refractivity contribution in [2.45, 2.75) is 103 Å². The number of hydrogen-bond acceptors (Lipinski definition) is 5. The van der Waals surface area contributed by atoms with Crippen LogP contribution in [0.15, 0.2) is 0 Å². The van der Waals surface area contributed by atoms with Gasteiger partial charge in [-0.2, -0.15) is 0 Å². The van der Waals surface area contributed by atoms with Crippen molar-refractivity contribution < 1.29 is 30.0 Å². The van der Waals surface area contributed by atoms with Gasteiger partial charge in [0, 0.05) is 13.0 Å². The first-order chi connectivity index (χ1) is 16.0. The van der Waals surface area contributed by atoms with Gasteiger partial charge >= 0.3 is 5.97 Å². The highest BCUT2D eigenvalue weighted by molar-refractivity contribution is 5.80. The predicted octanol–water partition coefficient (Wildman–Crippen LogP) is 2.96. The molecule has 0 aliphatic heterocycles. The minimum Gasteiger partial charge on any atom is -0.481 e. The number of carbonyl (C=O) groups excluding carboxylic acids is 1. The number of fused-ring (bicyclic) bond motifs is 5. The van der Waals surface area contributed by atoms with Crippen LogP contribution in [0.25, 0.3) is 0 Å². The van der Waals surface area contributed by atoms with Crippen molar-refractivity contribution in [2.24, 2.45) is 46.3 Å². The Morgan fingerprint density at radius 3 is 2.29 bits per heavy atom. The second-order valence-electron chi connectivity index (χ2n) is 12.6. The third-order valence-corrected chi connectivity index (χ3v) is 11.0. The normalized spacial score (nSPS) is 46.6. The Hall–Kier alpha value is -1.18. The van der Waals surface area contributed by atoms with Gasteiger partial charge in [-0.25, -0.2) is 0 Å². The predicted molar refractivity (Wildman–Crippen MR) is 128 cm³/mol. The molecule has 11 atom stereocenters. The molecule has 7 nitrogen and oxygen atoms in total. The summed E-state index contributed by atoms with van der Waals surface area (Å²) in [4.78, 5) is 22.6. The number of hydrogen-bond donors (Lipinski definition) is 5. The molecule has 4 aliphatic carbocycles. The van der Waals surface area contributed by atoms with E-state index in [0.717, 1.165) is 44.9 Å². The van der Waals surface area contributed by atoms with Gasteiger partial charge in [0.25, 0.3) is 0 Å². The molecule has 0 heterocycles. The summed E-state index contributed by atoms with van der Waals surface area (Å²) in [5, 5.41) is 44.4. The van der Waals surface area contributed by atoms with E-state index in [1.54, 1.807) is 0 Å². The van der Waals surface area contributed by atoms with Crippen molar-refractivity contribution in [3.63, 3.8) is 0 Å². The molecule has 34 heavy (non-hydrogen) atoms. The number of nitrogens with one attached hydrogen (secondary N) is 1. The van der Waals surface area contributed by atoms with Gasteiger partial charge in [-0.05, 0) is 97.7 Å². The van der Waals surface area contributed by atoms with Crippen LogP contribution in [-0.2, 0) is 9.59 Å². The van der Waals surface area contributed by atoms with Crippen molar-refractivity contribution in [3.8, 4) is 0 Å². The fourth-order valence-corrected chi connectivity index (χ4v) is 9.16. The maximum absolute atomic E-state index is 11.9. The van der Waals surface area contributed by atoms with Gasteiger partial charge in [-0.3, -0.25) is 9.59 Å². The van der Waals surface area contributed by atoms with Gasteiger partial charge in [-0.1, -0.05) is 20.8 Å². The molecule has 4 aliphatic rings. The Kier molecular flexibility index (Phi) is 7.39. The third-order valence-electron chi connectivity index (χ3n) is 11.0. The van der Waals surface area contributed by atoms with E-state index in [1.165, 1.54) is 0 Å². The van der Waals surface area contributed by atoms with Crippen molar-refractivity contribution in [2.75, 3.05) is 6.54 Å². The highest BCUT2D eigenvalue weighted by Crippen LogP contribution is 2.68. The SMILES string of the molecule is CC(CCNC(=O)CCC(=O)O)[C@H]1CC[C@H]2[C@@H]3[C@@H](O)C(O)[C@@H]4C[C@H](O)CC[C@]4(C)[C@H]3CC[C@]12C. The Bertz CT molecular complexity index is 774. The Balaban J connectivity index is 1.42. The van der Waals surface area contributed by atoms with Crippen LogP contribution in [0.1, 0.15) is 85.0 Å². The summed E-state index contributed by atoms with van der Waals surface area (Å²) in [5.41, 5.74) is 0.0970. The molecule has 0 aromatic heterocycles. The van der Waals surface area contributed by atoms with E-state index in [9.17, 15) is 24.9 Å². The summed E-state index contributed by atoms with van der Waals surface area (Å²) in [6, 6.07) is 0. The zero-order chi connectivity index (χ0) is 24.8. The lowest BCUT2D eigenvalue weighted by Gasteiger charge is -2.63. The summed E-state index contributed by atoms with van der Waals surface area (Å²) >= 11 is 0. The standard InChI is InChI=1S/C27H45NO6/c1-15(10-13-28-21(30)6-7-22(31)32)17-4-5-18-23-19(9-12-26(17,18)2)27(3)11-8-16(29)14-20(27)24(33)25(23)34/h15-20,23-25,29,33-34H,4-14H2,1-3H3,(H,28,30)(H,31,32)/t15?,16-,17-,18+,19+,20+,23+,24?,25-,26-,27-/m1/s1. The summed E-state index contributed by atoms with van der Waals surface area (Å²) in [6.45, 7) is 7.53. The Labute approximate surface area is 203 Å². The Morgan fingerprint density at radius 1 is 0.912 bits per heavy atom. The molecule has 0 spiro atoms. The number of aliphatic hydroxyl groups excluding tert-OH is 3. The molecule has 5 N–H and O–H groups in total. The molecule has 4 rings (SSSR count). The smallest absolute Gasteiger partial charge is 0.303 e. The van der Waals surface area contributed by atoms with Crippen LogP contribution in [0, 0.1) is 46.3 Å². The minimum absolute atomic E-state index is 0.0200. The second-order valence-corrected chi connectivity index (χ2v) is 12.6. The molecule has 194 valence electrons. The van der Waals surface area contributed by atoms with E-state index in [2.05, 4.69) is 26.1 Å². The summed E-state index contributed by atoms with van der Waals surface area (Å²) < 4.78 is 0. The van der Waals surface area contributed by atoms with E-state index in [1.807, 2.05) is 0 Å². The zero-order valence-corrected chi connectivity index (χ0v) is 21.1. The summed E-state index contributed by atoms with van der Waals surface area (Å²) in [7, 11) is 0. The van der Waals surface area contributed by atoms with E-state index < -0.39 is 18.2 Å². The quantitative estimate of drug-likeness (QED) is 0.382. The molecule has 2 unspecified atom stereocenters. The molecule has 1 amide bonds. The number of aliphatic carboxylic acids is 1. The first kappa shape index (κ1) is 25.9. The largest absolute Gasteiger partial charge is 0.481 e. The highest BCUT2D eigenvalue weighted by atomic mass is 16.4. The number of aliphatic hydroxyl groups is 3. The van der Waals surface area contributed by atoms with Crippen LogP contribution in [0.5, 0.6) is 0 Å². The molecule has 7 heteroatoms. The first-order valence-electron chi connectivity index (χ1n) is 13.5. The van der Waals surface area contributed by atoms with Crippen molar-refractivity contribution in [3.05, 3.63) is 0 Å². The van der Waals surface area contributed by atoms with Crippen LogP contribution < -0.4 is 5.32 Å². The maximum Gasteiger partial charge on any atom is 0.303 e. The summed E-state index contributed by atoms with van der Waals surface area (Å²) in [6.07, 6.45) is 5.59. The topological polar surface area (TPSA) is 127 Å². The lowest BCUT2D eigenvalue weighted by atomic mass is 9.43. The number of amides is 1. The third kappa shape index (κ3) is 4.41. The molecule has 4 saturated carbocycles. The van der Waals surface area contributed by atoms with Crippen LogP contribution in [-0.4, -0.2) is 57.2 Å². The van der Waals surface area contributed by atoms with Crippen molar-refractivity contribution >= 4 is 11.9 Å². The number of carbonyl (C=O) groups is 2. The lowest BCUT2D eigenvalue weighted by molar-refractivity contribution is -0.223. The lowest BCUT2D eigenvalue weighted by Crippen LogP contribution is -2.64. The molecule has 4 fully saturated rings. The van der Waals surface area contributed by atoms with Crippen molar-refractivity contribution in [1.82, 2.24) is 5.32 Å². The van der Waals surface area contributed by atoms with E-state index in [4.69, 9.17) is 5.11 Å². The van der Waals surface area contributed by atoms with E-state index in [-0.39, 0.29) is 47.5 Å². The number of carboxylic acid groups (broad SMARTS) is 1. The fourth-order valence-electron chi connectivity index (χ4n) is 9.16. The monoisotopic (exact) mass is 479 g/mol. The van der Waals surface area contributed by atoms with Crippen molar-refractivity contribution in [1.29, 1.82) is 0 Å². The molecule has 0 saturated heterocycles. The number of rotatable bonds is 7. The Morgan fingerprint density at radius 2 is 1.59 bits per heavy atom. The van der Waals surface area contributed by atoms with Crippen LogP contribution in [0.2, 0.25) is 0 Å². The van der Waals surface area contributed by atoms with Gasteiger partial charge in [0.2, 0.25) is 5.91 Å². The van der Waals surface area contributed by atoms with E-state index >= 15 is 0 Å². The summed E-state index contributed by atoms with van der Waals surface area (Å²) in [5.74, 6) is 0.634. The van der Waals surface area contributed by atoms with Gasteiger partial charge < -0.3 is 25.7 Å². The number of carboxylic acids is 1. The van der Waals surface area contributed by atoms with Gasteiger partial charge in [0.05, 0.1) is 24.7 Å². The van der Waals surface area contributed by atoms with Crippen LogP contribution >= 0.6 is 0 Å². The minimum atomic E-state index is -0.955. The van der Waals surface area contributed by atoms with Gasteiger partial charge in [0.15, 0.2) is 0 Å². The molecule has 0 aromatic carbocycles. The maximum atomic E-state index is 11.9. The molecular formula is C27H45NO6. The van der Waals surface area contributed by atoms with Crippen LogP contribution in [0.4, 0.5) is 0 Å². The fraction of sp³-hybridized carbons (Fsp3) is 0.926. The zero-order valence-electron chi connectivity index (χ0n) is 21.1. The van der Waals surface area contributed by atoms with Gasteiger partial charge in [0.1, 0.15) is 0 Å². The molecular weight excluding hydrogens is 434 g/mol. The van der Waals surface area contributed by atoms with Gasteiger partial charge in [-0.15, -0.1) is 0 Å². The highest BCUT2D eigenvalue weighted by Gasteiger charge is 2.65. The molecule has 0 aromatic rings. The first-order valence-corrected chi connectivity index (χ1v) is 13.5. The van der Waals surface area contributed by atoms with E-state index in [0.29, 0.717) is 36.6 Å². The molecule has 0 radical (unpaired) electrons.